The topological polar surface area (TPSA) is 86.8 Å². The van der Waals surface area contributed by atoms with Gasteiger partial charge in [0.1, 0.15) is 0 Å². The van der Waals surface area contributed by atoms with Gasteiger partial charge in [-0.1, -0.05) is 30.3 Å². The Labute approximate surface area is 207 Å². The second-order valence-corrected chi connectivity index (χ2v) is 12.1. The molecule has 7 nitrogen and oxygen atoms in total. The van der Waals surface area contributed by atoms with Crippen LogP contribution in [0.4, 0.5) is 5.69 Å². The molecule has 5 rings (SSSR count). The van der Waals surface area contributed by atoms with Gasteiger partial charge in [0.05, 0.1) is 10.9 Å². The Bertz CT molecular complexity index is 1220. The Balaban J connectivity index is 1.23. The number of amides is 2. The minimum absolute atomic E-state index is 0.0228. The molecule has 1 N–H and O–H groups in total. The van der Waals surface area contributed by atoms with Crippen molar-refractivity contribution < 1.29 is 18.0 Å². The number of hydrogen-bond acceptors (Lipinski definition) is 4. The first kappa shape index (κ1) is 24.0. The van der Waals surface area contributed by atoms with Crippen LogP contribution in [0.5, 0.6) is 0 Å². The first-order chi connectivity index (χ1) is 16.8. The highest BCUT2D eigenvalue weighted by atomic mass is 32.2. The zero-order valence-electron chi connectivity index (χ0n) is 20.3. The van der Waals surface area contributed by atoms with Gasteiger partial charge in [-0.05, 0) is 75.3 Å². The van der Waals surface area contributed by atoms with Crippen molar-refractivity contribution in [3.8, 4) is 0 Å². The molecule has 2 aromatic rings. The smallest absolute Gasteiger partial charge is 0.243 e. The second kappa shape index (κ2) is 9.39. The fourth-order valence-electron chi connectivity index (χ4n) is 5.29. The predicted octanol–water partition coefficient (Wildman–Crippen LogP) is 3.65. The number of rotatable bonds is 6. The van der Waals surface area contributed by atoms with Crippen LogP contribution in [0.25, 0.3) is 0 Å². The maximum absolute atomic E-state index is 13.4. The molecule has 1 saturated carbocycles. The monoisotopic (exact) mass is 495 g/mol. The number of anilines is 1. The first-order valence-electron chi connectivity index (χ1n) is 12.6. The number of carbonyl (C=O) groups is 2. The predicted molar refractivity (Wildman–Crippen MR) is 134 cm³/mol. The number of hydrogen-bond donors (Lipinski definition) is 1. The van der Waals surface area contributed by atoms with Crippen molar-refractivity contribution in [3.63, 3.8) is 0 Å². The van der Waals surface area contributed by atoms with Crippen LogP contribution in [-0.4, -0.2) is 43.7 Å². The van der Waals surface area contributed by atoms with Crippen molar-refractivity contribution in [2.75, 3.05) is 18.0 Å². The fraction of sp³-hybridized carbons (Fsp3) is 0.481. The van der Waals surface area contributed by atoms with Gasteiger partial charge in [0.2, 0.25) is 21.8 Å². The lowest BCUT2D eigenvalue weighted by atomic mass is 9.96. The third-order valence-corrected chi connectivity index (χ3v) is 9.45. The van der Waals surface area contributed by atoms with E-state index in [-0.39, 0.29) is 40.6 Å². The summed E-state index contributed by atoms with van der Waals surface area (Å²) in [4.78, 5) is 27.6. The van der Waals surface area contributed by atoms with Gasteiger partial charge in [0.15, 0.2) is 0 Å². The molecule has 0 radical (unpaired) electrons. The van der Waals surface area contributed by atoms with Gasteiger partial charge in [0.25, 0.3) is 0 Å². The molecular formula is C27H33N3O4S. The van der Waals surface area contributed by atoms with Crippen molar-refractivity contribution in [2.24, 2.45) is 11.8 Å². The van der Waals surface area contributed by atoms with E-state index in [0.29, 0.717) is 32.4 Å². The molecule has 186 valence electrons. The average Bonchev–Trinajstić information content (AvgIpc) is 3.66. The van der Waals surface area contributed by atoms with Crippen LogP contribution >= 0.6 is 0 Å². The lowest BCUT2D eigenvalue weighted by Gasteiger charge is -2.31. The zero-order chi connectivity index (χ0) is 24.7. The number of piperidine rings is 1. The van der Waals surface area contributed by atoms with Crippen LogP contribution < -0.4 is 10.2 Å². The molecule has 2 atom stereocenters. The lowest BCUT2D eigenvalue weighted by molar-refractivity contribution is -0.126. The zero-order valence-corrected chi connectivity index (χ0v) is 21.1. The number of sulfonamides is 1. The van der Waals surface area contributed by atoms with Gasteiger partial charge >= 0.3 is 0 Å². The van der Waals surface area contributed by atoms with E-state index >= 15 is 0 Å². The van der Waals surface area contributed by atoms with E-state index < -0.39 is 10.0 Å². The van der Waals surface area contributed by atoms with E-state index in [9.17, 15) is 18.0 Å². The summed E-state index contributed by atoms with van der Waals surface area (Å²) in [5.41, 5.74) is 2.80. The van der Waals surface area contributed by atoms with Crippen LogP contribution in [-0.2, 0) is 26.0 Å². The van der Waals surface area contributed by atoms with Gasteiger partial charge in [0, 0.05) is 36.7 Å². The fourth-order valence-corrected chi connectivity index (χ4v) is 6.82. The van der Waals surface area contributed by atoms with Crippen molar-refractivity contribution in [2.45, 2.75) is 62.9 Å². The molecule has 0 bridgehead atoms. The molecular weight excluding hydrogens is 462 g/mol. The lowest BCUT2D eigenvalue weighted by Crippen LogP contribution is -2.43. The van der Waals surface area contributed by atoms with E-state index in [1.165, 1.54) is 4.31 Å². The molecule has 0 aromatic heterocycles. The SMILES string of the molecule is C[C@@H](NC(=O)C1CCN(S(=O)(=O)c2ccc3c(c2)C[C@H](C)N3C(=O)C2CC2)CC1)c1ccccc1. The van der Waals surface area contributed by atoms with E-state index in [4.69, 9.17) is 0 Å². The van der Waals surface area contributed by atoms with E-state index in [1.807, 2.05) is 49.1 Å². The number of fused-ring (bicyclic) bond motifs is 1. The summed E-state index contributed by atoms with van der Waals surface area (Å²) < 4.78 is 28.3. The minimum Gasteiger partial charge on any atom is -0.349 e. The maximum Gasteiger partial charge on any atom is 0.243 e. The van der Waals surface area contributed by atoms with E-state index in [0.717, 1.165) is 29.7 Å². The molecule has 3 aliphatic rings. The van der Waals surface area contributed by atoms with Gasteiger partial charge in [-0.2, -0.15) is 4.31 Å². The molecule has 1 aliphatic carbocycles. The molecule has 0 unspecified atom stereocenters. The third kappa shape index (κ3) is 4.74. The number of nitrogens with zero attached hydrogens (tertiary/aromatic N) is 2. The summed E-state index contributed by atoms with van der Waals surface area (Å²) in [5, 5.41) is 3.07. The standard InChI is InChI=1S/C27H33N3O4S/c1-18-16-23-17-24(10-11-25(23)30(18)27(32)22-8-9-22)35(33,34)29-14-12-21(13-15-29)26(31)28-19(2)20-6-4-3-5-7-20/h3-7,10-11,17-19,21-22H,8-9,12-16H2,1-2H3,(H,28,31)/t18-,19+/m0/s1. The van der Waals surface area contributed by atoms with Crippen molar-refractivity contribution in [1.29, 1.82) is 0 Å². The number of nitrogens with one attached hydrogen (secondary N) is 1. The number of carbonyl (C=O) groups excluding carboxylic acids is 2. The van der Waals surface area contributed by atoms with Gasteiger partial charge in [-0.15, -0.1) is 0 Å². The highest BCUT2D eigenvalue weighted by Crippen LogP contribution is 2.40. The molecule has 8 heteroatoms. The van der Waals surface area contributed by atoms with Gasteiger partial charge in [-0.25, -0.2) is 8.42 Å². The Hall–Kier alpha value is -2.71. The summed E-state index contributed by atoms with van der Waals surface area (Å²) in [7, 11) is -3.66. The highest BCUT2D eigenvalue weighted by molar-refractivity contribution is 7.89. The van der Waals surface area contributed by atoms with Crippen molar-refractivity contribution in [1.82, 2.24) is 9.62 Å². The Morgan fingerprint density at radius 1 is 0.971 bits per heavy atom. The largest absolute Gasteiger partial charge is 0.349 e. The van der Waals surface area contributed by atoms with E-state index in [1.54, 1.807) is 18.2 Å². The summed E-state index contributed by atoms with van der Waals surface area (Å²) in [6.45, 7) is 4.61. The quantitative estimate of drug-likeness (QED) is 0.663. The first-order valence-corrected chi connectivity index (χ1v) is 14.0. The molecule has 35 heavy (non-hydrogen) atoms. The summed E-state index contributed by atoms with van der Waals surface area (Å²) in [6.07, 6.45) is 3.56. The van der Waals surface area contributed by atoms with Gasteiger partial charge in [-0.3, -0.25) is 9.59 Å². The van der Waals surface area contributed by atoms with Crippen molar-refractivity contribution >= 4 is 27.5 Å². The number of benzene rings is 2. The van der Waals surface area contributed by atoms with Crippen LogP contribution in [0, 0.1) is 11.8 Å². The molecule has 2 amide bonds. The molecule has 2 heterocycles. The molecule has 1 saturated heterocycles. The Morgan fingerprint density at radius 3 is 2.31 bits per heavy atom. The van der Waals surface area contributed by atoms with Crippen LogP contribution in [0.15, 0.2) is 53.4 Å². The van der Waals surface area contributed by atoms with Crippen LogP contribution in [0.1, 0.15) is 56.7 Å². The summed E-state index contributed by atoms with van der Waals surface area (Å²) in [6, 6.07) is 14.9. The van der Waals surface area contributed by atoms with E-state index in [2.05, 4.69) is 5.32 Å². The normalized spacial score (nSPS) is 22.0. The Morgan fingerprint density at radius 2 is 1.66 bits per heavy atom. The molecule has 0 spiro atoms. The van der Waals surface area contributed by atoms with Crippen molar-refractivity contribution in [3.05, 3.63) is 59.7 Å². The Kier molecular flexibility index (Phi) is 6.44. The highest BCUT2D eigenvalue weighted by Gasteiger charge is 2.40. The van der Waals surface area contributed by atoms with Gasteiger partial charge < -0.3 is 10.2 Å². The maximum atomic E-state index is 13.4. The molecule has 2 aromatic carbocycles. The molecule has 2 aliphatic heterocycles. The summed E-state index contributed by atoms with van der Waals surface area (Å²) in [5.74, 6) is 0.0654. The summed E-state index contributed by atoms with van der Waals surface area (Å²) >= 11 is 0. The van der Waals surface area contributed by atoms with Crippen LogP contribution in [0.2, 0.25) is 0 Å². The minimum atomic E-state index is -3.66. The average molecular weight is 496 g/mol. The molecule has 2 fully saturated rings. The van der Waals surface area contributed by atoms with Crippen LogP contribution in [0.3, 0.4) is 0 Å². The third-order valence-electron chi connectivity index (χ3n) is 7.55. The second-order valence-electron chi connectivity index (χ2n) is 10.1.